The number of nitrogens with zero attached hydrogens (tertiary/aromatic N) is 1. The third kappa shape index (κ3) is 7.38. The van der Waals surface area contributed by atoms with E-state index in [4.69, 9.17) is 4.74 Å². The first-order valence-corrected chi connectivity index (χ1v) is 11.3. The molecule has 0 aliphatic heterocycles. The molecule has 0 aromatic heterocycles. The Morgan fingerprint density at radius 2 is 1.44 bits per heavy atom. The van der Waals surface area contributed by atoms with Gasteiger partial charge in [-0.1, -0.05) is 74.0 Å². The van der Waals surface area contributed by atoms with Crippen molar-refractivity contribution in [3.05, 3.63) is 102 Å². The Kier molecular flexibility index (Phi) is 9.05. The lowest BCUT2D eigenvalue weighted by molar-refractivity contribution is -0.124. The first kappa shape index (κ1) is 23.3. The summed E-state index contributed by atoms with van der Waals surface area (Å²) < 4.78 is 5.71. The molecule has 0 atom stereocenters. The maximum absolute atomic E-state index is 13.1. The lowest BCUT2D eigenvalue weighted by Gasteiger charge is -2.16. The van der Waals surface area contributed by atoms with Crippen molar-refractivity contribution in [2.75, 3.05) is 6.61 Å². The van der Waals surface area contributed by atoms with Crippen molar-refractivity contribution >= 4 is 11.6 Å². The summed E-state index contributed by atoms with van der Waals surface area (Å²) in [5.74, 6) is 0.576. The van der Waals surface area contributed by atoms with Crippen LogP contribution in [0.2, 0.25) is 0 Å². The maximum atomic E-state index is 13.1. The number of carbonyl (C=O) groups is 1. The zero-order valence-corrected chi connectivity index (χ0v) is 19.0. The van der Waals surface area contributed by atoms with E-state index in [1.807, 2.05) is 67.6 Å². The second kappa shape index (κ2) is 12.5. The third-order valence-corrected chi connectivity index (χ3v) is 5.39. The SMILES string of the molecule is CCCCOc1ccc(/C(C)=N/NC(=O)C(Cc2ccccc2)Cc2ccccc2)cc1. The van der Waals surface area contributed by atoms with Crippen LogP contribution < -0.4 is 10.2 Å². The molecule has 32 heavy (non-hydrogen) atoms. The number of nitrogens with one attached hydrogen (secondary N) is 1. The largest absolute Gasteiger partial charge is 0.494 e. The number of hydrazone groups is 1. The van der Waals surface area contributed by atoms with Gasteiger partial charge in [-0.2, -0.15) is 5.10 Å². The molecule has 1 N–H and O–H groups in total. The van der Waals surface area contributed by atoms with Gasteiger partial charge in [0.05, 0.1) is 12.3 Å². The summed E-state index contributed by atoms with van der Waals surface area (Å²) in [6.45, 7) is 4.77. The minimum Gasteiger partial charge on any atom is -0.494 e. The Balaban J connectivity index is 1.65. The number of amides is 1. The topological polar surface area (TPSA) is 50.7 Å². The summed E-state index contributed by atoms with van der Waals surface area (Å²) in [7, 11) is 0. The van der Waals surface area contributed by atoms with E-state index in [1.54, 1.807) is 0 Å². The molecule has 0 aliphatic carbocycles. The summed E-state index contributed by atoms with van der Waals surface area (Å²) in [6, 6.07) is 28.1. The standard InChI is InChI=1S/C28H32N2O2/c1-3-4-19-32-27-17-15-25(16-18-27)22(2)29-30-28(31)26(20-23-11-7-5-8-12-23)21-24-13-9-6-10-14-24/h5-18,26H,3-4,19-21H2,1-2H3,(H,30,31)/b29-22+. The lowest BCUT2D eigenvalue weighted by atomic mass is 9.92. The van der Waals surface area contributed by atoms with E-state index in [0.717, 1.165) is 47.6 Å². The molecular formula is C28H32N2O2. The summed E-state index contributed by atoms with van der Waals surface area (Å²) >= 11 is 0. The Morgan fingerprint density at radius 1 is 0.875 bits per heavy atom. The highest BCUT2D eigenvalue weighted by atomic mass is 16.5. The van der Waals surface area contributed by atoms with Gasteiger partial charge in [0.15, 0.2) is 0 Å². The molecule has 0 aliphatic rings. The number of hydrogen-bond acceptors (Lipinski definition) is 3. The van der Waals surface area contributed by atoms with E-state index in [-0.39, 0.29) is 11.8 Å². The molecule has 0 saturated heterocycles. The summed E-state index contributed by atoms with van der Waals surface area (Å²) in [6.07, 6.45) is 3.49. The quantitative estimate of drug-likeness (QED) is 0.238. The van der Waals surface area contributed by atoms with Gasteiger partial charge in [-0.05, 0) is 67.1 Å². The van der Waals surface area contributed by atoms with Gasteiger partial charge in [0.25, 0.3) is 0 Å². The maximum Gasteiger partial charge on any atom is 0.243 e. The fourth-order valence-corrected chi connectivity index (χ4v) is 3.48. The Bertz CT molecular complexity index is 941. The average Bonchev–Trinajstić information content (AvgIpc) is 2.84. The average molecular weight is 429 g/mol. The van der Waals surface area contributed by atoms with Crippen LogP contribution in [0.25, 0.3) is 0 Å². The van der Waals surface area contributed by atoms with Crippen molar-refractivity contribution in [2.24, 2.45) is 11.0 Å². The number of rotatable bonds is 11. The molecule has 0 unspecified atom stereocenters. The molecule has 0 saturated carbocycles. The van der Waals surface area contributed by atoms with Crippen LogP contribution in [0.1, 0.15) is 43.4 Å². The number of carbonyl (C=O) groups excluding carboxylic acids is 1. The number of ether oxygens (including phenoxy) is 1. The molecule has 0 radical (unpaired) electrons. The van der Waals surface area contributed by atoms with E-state index in [2.05, 4.69) is 41.7 Å². The smallest absolute Gasteiger partial charge is 0.243 e. The van der Waals surface area contributed by atoms with Crippen molar-refractivity contribution in [3.8, 4) is 5.75 Å². The molecule has 4 nitrogen and oxygen atoms in total. The van der Waals surface area contributed by atoms with Crippen LogP contribution in [0.4, 0.5) is 0 Å². The molecule has 0 fully saturated rings. The minimum atomic E-state index is -0.203. The lowest BCUT2D eigenvalue weighted by Crippen LogP contribution is -2.30. The molecule has 3 aromatic carbocycles. The van der Waals surface area contributed by atoms with E-state index >= 15 is 0 Å². The van der Waals surface area contributed by atoms with Crippen LogP contribution in [0.3, 0.4) is 0 Å². The predicted molar refractivity (Wildman–Crippen MR) is 131 cm³/mol. The number of hydrogen-bond donors (Lipinski definition) is 1. The van der Waals surface area contributed by atoms with Gasteiger partial charge in [-0.3, -0.25) is 4.79 Å². The second-order valence-electron chi connectivity index (χ2n) is 7.98. The summed E-state index contributed by atoms with van der Waals surface area (Å²) in [5.41, 5.74) is 6.79. The van der Waals surface area contributed by atoms with Gasteiger partial charge in [-0.25, -0.2) is 5.43 Å². The first-order valence-electron chi connectivity index (χ1n) is 11.3. The van der Waals surface area contributed by atoms with E-state index < -0.39 is 0 Å². The van der Waals surface area contributed by atoms with Gasteiger partial charge in [0.1, 0.15) is 5.75 Å². The molecule has 0 bridgehead atoms. The van der Waals surface area contributed by atoms with Gasteiger partial charge >= 0.3 is 0 Å². The number of benzene rings is 3. The predicted octanol–water partition coefficient (Wildman–Crippen LogP) is 5.81. The molecular weight excluding hydrogens is 396 g/mol. The molecule has 0 spiro atoms. The highest BCUT2D eigenvalue weighted by Crippen LogP contribution is 2.16. The van der Waals surface area contributed by atoms with E-state index in [1.165, 1.54) is 0 Å². The number of unbranched alkanes of at least 4 members (excludes halogenated alkanes) is 1. The van der Waals surface area contributed by atoms with Crippen LogP contribution in [-0.2, 0) is 17.6 Å². The normalized spacial score (nSPS) is 11.4. The van der Waals surface area contributed by atoms with Gasteiger partial charge < -0.3 is 4.74 Å². The van der Waals surface area contributed by atoms with Gasteiger partial charge in [-0.15, -0.1) is 0 Å². The van der Waals surface area contributed by atoms with Crippen LogP contribution in [0, 0.1) is 5.92 Å². The van der Waals surface area contributed by atoms with Crippen molar-refractivity contribution in [2.45, 2.75) is 39.5 Å². The fraction of sp³-hybridized carbons (Fsp3) is 0.286. The van der Waals surface area contributed by atoms with E-state index in [0.29, 0.717) is 12.8 Å². The Labute approximate surface area is 191 Å². The van der Waals surface area contributed by atoms with Crippen molar-refractivity contribution in [1.82, 2.24) is 5.43 Å². The molecule has 3 rings (SSSR count). The molecule has 1 amide bonds. The minimum absolute atomic E-state index is 0.0726. The molecule has 4 heteroatoms. The van der Waals surface area contributed by atoms with Crippen molar-refractivity contribution in [3.63, 3.8) is 0 Å². The Morgan fingerprint density at radius 3 is 1.97 bits per heavy atom. The van der Waals surface area contributed by atoms with Crippen molar-refractivity contribution < 1.29 is 9.53 Å². The highest BCUT2D eigenvalue weighted by molar-refractivity contribution is 5.99. The monoisotopic (exact) mass is 428 g/mol. The molecule has 3 aromatic rings. The van der Waals surface area contributed by atoms with Crippen LogP contribution in [0.5, 0.6) is 5.75 Å². The summed E-state index contributed by atoms with van der Waals surface area (Å²) in [5, 5.41) is 4.38. The third-order valence-electron chi connectivity index (χ3n) is 5.39. The van der Waals surface area contributed by atoms with Crippen LogP contribution in [0.15, 0.2) is 90.0 Å². The van der Waals surface area contributed by atoms with Gasteiger partial charge in [0, 0.05) is 5.92 Å². The first-order chi connectivity index (χ1) is 15.7. The second-order valence-corrected chi connectivity index (χ2v) is 7.98. The highest BCUT2D eigenvalue weighted by Gasteiger charge is 2.19. The van der Waals surface area contributed by atoms with E-state index in [9.17, 15) is 4.79 Å². The zero-order valence-electron chi connectivity index (χ0n) is 19.0. The molecule has 166 valence electrons. The Hall–Kier alpha value is -3.40. The fourth-order valence-electron chi connectivity index (χ4n) is 3.48. The van der Waals surface area contributed by atoms with Crippen LogP contribution >= 0.6 is 0 Å². The summed E-state index contributed by atoms with van der Waals surface area (Å²) in [4.78, 5) is 13.1. The van der Waals surface area contributed by atoms with Gasteiger partial charge in [0.2, 0.25) is 5.91 Å². The zero-order chi connectivity index (χ0) is 22.6. The molecule has 0 heterocycles. The van der Waals surface area contributed by atoms with Crippen molar-refractivity contribution in [1.29, 1.82) is 0 Å². The van der Waals surface area contributed by atoms with Crippen LogP contribution in [-0.4, -0.2) is 18.2 Å².